The molecule has 98 valence electrons. The van der Waals surface area contributed by atoms with Crippen molar-refractivity contribution in [2.45, 2.75) is 31.7 Å². The number of nitrogens with one attached hydrogen (secondary N) is 2. The average Bonchev–Trinajstić information content (AvgIpc) is 2.40. The molecule has 1 aliphatic carbocycles. The second kappa shape index (κ2) is 5.82. The summed E-state index contributed by atoms with van der Waals surface area (Å²) in [5, 5.41) is 11.9. The Morgan fingerprint density at radius 3 is 2.72 bits per heavy atom. The standard InChI is InChI=1S/C13H18N2O3/c16-8-9-1-3-10(4-2-9)15-13(18)11-7-14-6-5-12(11)17/h5-7,9-10,16H,1-4,8H2,(H,14,17)(H,15,18). The smallest absolute Gasteiger partial charge is 0.256 e. The van der Waals surface area contributed by atoms with E-state index in [9.17, 15) is 9.59 Å². The molecule has 0 spiro atoms. The normalized spacial score (nSPS) is 23.6. The molecule has 1 aliphatic rings. The van der Waals surface area contributed by atoms with Gasteiger partial charge in [0.2, 0.25) is 0 Å². The van der Waals surface area contributed by atoms with E-state index in [4.69, 9.17) is 5.11 Å². The van der Waals surface area contributed by atoms with Gasteiger partial charge in [-0.1, -0.05) is 0 Å². The molecule has 5 heteroatoms. The minimum Gasteiger partial charge on any atom is -0.396 e. The van der Waals surface area contributed by atoms with Crippen LogP contribution < -0.4 is 10.7 Å². The molecule has 5 nitrogen and oxygen atoms in total. The Morgan fingerprint density at radius 2 is 2.11 bits per heavy atom. The number of H-pyrrole nitrogens is 1. The monoisotopic (exact) mass is 250 g/mol. The first-order valence-corrected chi connectivity index (χ1v) is 6.29. The molecule has 2 rings (SSSR count). The van der Waals surface area contributed by atoms with E-state index in [2.05, 4.69) is 10.3 Å². The molecule has 0 bridgehead atoms. The lowest BCUT2D eigenvalue weighted by molar-refractivity contribution is 0.0912. The summed E-state index contributed by atoms with van der Waals surface area (Å²) < 4.78 is 0. The minimum atomic E-state index is -0.315. The van der Waals surface area contributed by atoms with Crippen molar-refractivity contribution in [1.82, 2.24) is 10.3 Å². The van der Waals surface area contributed by atoms with Crippen LogP contribution in [0.5, 0.6) is 0 Å². The van der Waals surface area contributed by atoms with Gasteiger partial charge in [-0.25, -0.2) is 0 Å². The van der Waals surface area contributed by atoms with Crippen molar-refractivity contribution in [2.24, 2.45) is 5.92 Å². The summed E-state index contributed by atoms with van der Waals surface area (Å²) in [7, 11) is 0. The Kier molecular flexibility index (Phi) is 4.15. The van der Waals surface area contributed by atoms with Crippen LogP contribution in [0, 0.1) is 5.92 Å². The topological polar surface area (TPSA) is 82.2 Å². The highest BCUT2D eigenvalue weighted by Crippen LogP contribution is 2.23. The van der Waals surface area contributed by atoms with E-state index in [1.54, 1.807) is 0 Å². The summed E-state index contributed by atoms with van der Waals surface area (Å²) in [6.07, 6.45) is 6.51. The summed E-state index contributed by atoms with van der Waals surface area (Å²) in [5.74, 6) is 0.0441. The maximum absolute atomic E-state index is 11.9. The van der Waals surface area contributed by atoms with Crippen molar-refractivity contribution in [3.8, 4) is 0 Å². The molecule has 0 unspecified atom stereocenters. The summed E-state index contributed by atoms with van der Waals surface area (Å²) in [5.41, 5.74) is -0.114. The van der Waals surface area contributed by atoms with Gasteiger partial charge in [0.25, 0.3) is 5.91 Å². The van der Waals surface area contributed by atoms with Gasteiger partial charge in [0.1, 0.15) is 5.56 Å². The summed E-state index contributed by atoms with van der Waals surface area (Å²) in [6, 6.07) is 1.46. The Balaban J connectivity index is 1.93. The van der Waals surface area contributed by atoms with E-state index >= 15 is 0 Å². The lowest BCUT2D eigenvalue weighted by atomic mass is 9.86. The van der Waals surface area contributed by atoms with Crippen molar-refractivity contribution < 1.29 is 9.90 Å². The van der Waals surface area contributed by atoms with Gasteiger partial charge in [0.15, 0.2) is 5.43 Å². The van der Waals surface area contributed by atoms with Gasteiger partial charge in [0, 0.05) is 31.1 Å². The number of aromatic amines is 1. The molecule has 0 radical (unpaired) electrons. The van der Waals surface area contributed by atoms with Crippen LogP contribution in [0.3, 0.4) is 0 Å². The molecule has 1 aromatic rings. The zero-order valence-corrected chi connectivity index (χ0v) is 10.2. The van der Waals surface area contributed by atoms with Gasteiger partial charge in [-0.05, 0) is 31.6 Å². The zero-order chi connectivity index (χ0) is 13.0. The second-order valence-electron chi connectivity index (χ2n) is 4.80. The van der Waals surface area contributed by atoms with Gasteiger partial charge < -0.3 is 15.4 Å². The second-order valence-corrected chi connectivity index (χ2v) is 4.80. The van der Waals surface area contributed by atoms with Gasteiger partial charge in [-0.15, -0.1) is 0 Å². The van der Waals surface area contributed by atoms with Crippen LogP contribution in [-0.4, -0.2) is 28.6 Å². The highest BCUT2D eigenvalue weighted by molar-refractivity contribution is 5.93. The van der Waals surface area contributed by atoms with E-state index in [0.717, 1.165) is 25.7 Å². The Labute approximate surface area is 105 Å². The predicted molar refractivity (Wildman–Crippen MR) is 67.4 cm³/mol. The number of carbonyl (C=O) groups is 1. The van der Waals surface area contributed by atoms with E-state index in [0.29, 0.717) is 5.92 Å². The van der Waals surface area contributed by atoms with Gasteiger partial charge in [-0.2, -0.15) is 0 Å². The third-order valence-electron chi connectivity index (χ3n) is 3.51. The Bertz CT molecular complexity index is 461. The van der Waals surface area contributed by atoms with E-state index in [1.165, 1.54) is 18.5 Å². The molecule has 1 amide bonds. The SMILES string of the molecule is O=C(NC1CCC(CO)CC1)c1c[nH]ccc1=O. The van der Waals surface area contributed by atoms with Gasteiger partial charge in [0.05, 0.1) is 0 Å². The lowest BCUT2D eigenvalue weighted by Gasteiger charge is -2.27. The maximum Gasteiger partial charge on any atom is 0.256 e. The summed E-state index contributed by atoms with van der Waals surface area (Å²) >= 11 is 0. The highest BCUT2D eigenvalue weighted by atomic mass is 16.3. The number of aliphatic hydroxyl groups is 1. The molecule has 0 aromatic carbocycles. The van der Waals surface area contributed by atoms with Crippen LogP contribution in [-0.2, 0) is 0 Å². The minimum absolute atomic E-state index is 0.111. The third kappa shape index (κ3) is 2.98. The molecule has 1 fully saturated rings. The Hall–Kier alpha value is -1.62. The fraction of sp³-hybridized carbons (Fsp3) is 0.538. The molecule has 3 N–H and O–H groups in total. The zero-order valence-electron chi connectivity index (χ0n) is 10.2. The van der Waals surface area contributed by atoms with Crippen molar-refractivity contribution >= 4 is 5.91 Å². The average molecular weight is 250 g/mol. The predicted octanol–water partition coefficient (Wildman–Crippen LogP) is 0.656. The van der Waals surface area contributed by atoms with Crippen LogP contribution in [0.1, 0.15) is 36.0 Å². The lowest BCUT2D eigenvalue weighted by Crippen LogP contribution is -2.39. The quantitative estimate of drug-likeness (QED) is 0.737. The number of hydrogen-bond acceptors (Lipinski definition) is 3. The Morgan fingerprint density at radius 1 is 1.39 bits per heavy atom. The molecular formula is C13H18N2O3. The van der Waals surface area contributed by atoms with Crippen molar-refractivity contribution in [1.29, 1.82) is 0 Å². The van der Waals surface area contributed by atoms with Crippen molar-refractivity contribution in [2.75, 3.05) is 6.61 Å². The van der Waals surface area contributed by atoms with Gasteiger partial charge >= 0.3 is 0 Å². The van der Waals surface area contributed by atoms with Crippen LogP contribution >= 0.6 is 0 Å². The molecule has 1 heterocycles. The first kappa shape index (κ1) is 12.8. The van der Waals surface area contributed by atoms with Crippen LogP contribution in [0.4, 0.5) is 0 Å². The molecule has 0 saturated heterocycles. The van der Waals surface area contributed by atoms with Crippen molar-refractivity contribution in [3.63, 3.8) is 0 Å². The number of aliphatic hydroxyl groups excluding tert-OH is 1. The van der Waals surface area contributed by atoms with E-state index in [1.807, 2.05) is 0 Å². The van der Waals surface area contributed by atoms with Crippen LogP contribution in [0.2, 0.25) is 0 Å². The molecule has 0 aliphatic heterocycles. The molecule has 18 heavy (non-hydrogen) atoms. The van der Waals surface area contributed by atoms with Crippen molar-refractivity contribution in [3.05, 3.63) is 34.2 Å². The largest absolute Gasteiger partial charge is 0.396 e. The van der Waals surface area contributed by atoms with Crippen LogP contribution in [0.15, 0.2) is 23.3 Å². The number of pyridine rings is 1. The fourth-order valence-corrected chi connectivity index (χ4v) is 2.35. The number of carbonyl (C=O) groups excluding carboxylic acids is 1. The number of aromatic nitrogens is 1. The highest BCUT2D eigenvalue weighted by Gasteiger charge is 2.22. The van der Waals surface area contributed by atoms with Gasteiger partial charge in [-0.3, -0.25) is 9.59 Å². The third-order valence-corrected chi connectivity index (χ3v) is 3.51. The first-order valence-electron chi connectivity index (χ1n) is 6.29. The summed E-state index contributed by atoms with van der Waals surface area (Å²) in [4.78, 5) is 26.1. The molecular weight excluding hydrogens is 232 g/mol. The number of amides is 1. The maximum atomic E-state index is 11.9. The molecule has 1 saturated carbocycles. The van der Waals surface area contributed by atoms with E-state index < -0.39 is 0 Å². The summed E-state index contributed by atoms with van der Waals surface area (Å²) in [6.45, 7) is 0.221. The van der Waals surface area contributed by atoms with Crippen LogP contribution in [0.25, 0.3) is 0 Å². The fourth-order valence-electron chi connectivity index (χ4n) is 2.35. The van der Waals surface area contributed by atoms with E-state index in [-0.39, 0.29) is 29.5 Å². The molecule has 0 atom stereocenters. The first-order chi connectivity index (χ1) is 8.70. The number of hydrogen-bond donors (Lipinski definition) is 3. The molecule has 1 aromatic heterocycles. The number of rotatable bonds is 3.